The van der Waals surface area contributed by atoms with Crippen molar-refractivity contribution in [1.82, 2.24) is 4.98 Å². The van der Waals surface area contributed by atoms with Gasteiger partial charge in [0, 0.05) is 24.8 Å². The van der Waals surface area contributed by atoms with Crippen LogP contribution in [0.25, 0.3) is 0 Å². The minimum atomic E-state index is 0.0562. The van der Waals surface area contributed by atoms with Gasteiger partial charge in [-0.15, -0.1) is 0 Å². The van der Waals surface area contributed by atoms with Crippen LogP contribution in [0, 0.1) is 0 Å². The molecule has 0 aliphatic rings. The number of anilines is 1. The molecular weight excluding hydrogens is 186 g/mol. The summed E-state index contributed by atoms with van der Waals surface area (Å²) < 4.78 is 0. The highest BCUT2D eigenvalue weighted by molar-refractivity contribution is 5.40. The van der Waals surface area contributed by atoms with Gasteiger partial charge in [-0.05, 0) is 39.3 Å². The van der Waals surface area contributed by atoms with Crippen molar-refractivity contribution in [3.63, 3.8) is 0 Å². The molecule has 15 heavy (non-hydrogen) atoms. The molecule has 0 aromatic carbocycles. The topological polar surface area (TPSA) is 42.1 Å². The van der Waals surface area contributed by atoms with E-state index >= 15 is 0 Å². The van der Waals surface area contributed by atoms with Gasteiger partial charge in [-0.1, -0.05) is 6.07 Å². The second kappa shape index (κ2) is 5.12. The first-order chi connectivity index (χ1) is 7.06. The smallest absolute Gasteiger partial charge is 0.128 e. The molecule has 2 N–H and O–H groups in total. The molecule has 1 aromatic rings. The summed E-state index contributed by atoms with van der Waals surface area (Å²) in [6, 6.07) is 4.63. The Balaban J connectivity index is 2.87. The van der Waals surface area contributed by atoms with E-state index in [0.717, 1.165) is 17.9 Å². The molecular formula is C12H21N3. The SMILES string of the molecule is CCN(c1ccc(C(C)N)cn1)C(C)C. The van der Waals surface area contributed by atoms with Crippen LogP contribution in [0.15, 0.2) is 18.3 Å². The first-order valence-electron chi connectivity index (χ1n) is 5.54. The monoisotopic (exact) mass is 207 g/mol. The minimum Gasteiger partial charge on any atom is -0.354 e. The quantitative estimate of drug-likeness (QED) is 0.824. The van der Waals surface area contributed by atoms with Crippen molar-refractivity contribution in [2.45, 2.75) is 39.8 Å². The fourth-order valence-corrected chi connectivity index (χ4v) is 1.63. The molecule has 3 heteroatoms. The minimum absolute atomic E-state index is 0.0562. The van der Waals surface area contributed by atoms with Crippen LogP contribution < -0.4 is 10.6 Å². The molecule has 0 saturated heterocycles. The van der Waals surface area contributed by atoms with E-state index in [4.69, 9.17) is 5.73 Å². The molecule has 0 fully saturated rings. The molecule has 0 spiro atoms. The van der Waals surface area contributed by atoms with Gasteiger partial charge >= 0.3 is 0 Å². The van der Waals surface area contributed by atoms with E-state index in [2.05, 4.69) is 36.7 Å². The molecule has 1 rings (SSSR count). The third-order valence-electron chi connectivity index (χ3n) is 2.55. The predicted octanol–water partition coefficient (Wildman–Crippen LogP) is 2.34. The molecule has 1 heterocycles. The van der Waals surface area contributed by atoms with E-state index in [1.165, 1.54) is 0 Å². The molecule has 1 unspecified atom stereocenters. The number of aromatic nitrogens is 1. The average molecular weight is 207 g/mol. The number of hydrogen-bond donors (Lipinski definition) is 1. The largest absolute Gasteiger partial charge is 0.354 e. The molecule has 1 aromatic heterocycles. The van der Waals surface area contributed by atoms with Gasteiger partial charge < -0.3 is 10.6 Å². The van der Waals surface area contributed by atoms with Gasteiger partial charge in [0.15, 0.2) is 0 Å². The molecule has 3 nitrogen and oxygen atoms in total. The van der Waals surface area contributed by atoms with Gasteiger partial charge in [0.05, 0.1) is 0 Å². The van der Waals surface area contributed by atoms with E-state index in [0.29, 0.717) is 6.04 Å². The second-order valence-electron chi connectivity index (χ2n) is 4.12. The van der Waals surface area contributed by atoms with Crippen LogP contribution in [-0.2, 0) is 0 Å². The molecule has 0 radical (unpaired) electrons. The molecule has 0 aliphatic heterocycles. The fourth-order valence-electron chi connectivity index (χ4n) is 1.63. The van der Waals surface area contributed by atoms with Crippen LogP contribution in [0.4, 0.5) is 5.82 Å². The Bertz CT molecular complexity index is 290. The zero-order valence-corrected chi connectivity index (χ0v) is 10.1. The molecule has 0 saturated carbocycles. The number of rotatable bonds is 4. The summed E-state index contributed by atoms with van der Waals surface area (Å²) in [4.78, 5) is 6.69. The van der Waals surface area contributed by atoms with Crippen LogP contribution in [0.3, 0.4) is 0 Å². The predicted molar refractivity (Wildman–Crippen MR) is 65.0 cm³/mol. The molecule has 0 bridgehead atoms. The van der Waals surface area contributed by atoms with Crippen molar-refractivity contribution in [2.24, 2.45) is 5.73 Å². The molecule has 84 valence electrons. The Labute approximate surface area is 92.3 Å². The van der Waals surface area contributed by atoms with Crippen molar-refractivity contribution in [1.29, 1.82) is 0 Å². The van der Waals surface area contributed by atoms with Gasteiger partial charge in [0.1, 0.15) is 5.82 Å². The molecule has 1 atom stereocenters. The van der Waals surface area contributed by atoms with Crippen LogP contribution in [0.2, 0.25) is 0 Å². The molecule has 0 amide bonds. The van der Waals surface area contributed by atoms with Crippen LogP contribution in [0.1, 0.15) is 39.3 Å². The first kappa shape index (κ1) is 12.0. The van der Waals surface area contributed by atoms with Crippen molar-refractivity contribution >= 4 is 5.82 Å². The number of nitrogens with zero attached hydrogens (tertiary/aromatic N) is 2. The summed E-state index contributed by atoms with van der Waals surface area (Å²) in [5.41, 5.74) is 6.86. The lowest BCUT2D eigenvalue weighted by molar-refractivity contribution is 0.691. The summed E-state index contributed by atoms with van der Waals surface area (Å²) in [6.45, 7) is 9.43. The van der Waals surface area contributed by atoms with Crippen molar-refractivity contribution < 1.29 is 0 Å². The van der Waals surface area contributed by atoms with Crippen LogP contribution in [-0.4, -0.2) is 17.6 Å². The number of nitrogens with two attached hydrogens (primary N) is 1. The zero-order chi connectivity index (χ0) is 11.4. The number of pyridine rings is 1. The maximum atomic E-state index is 5.78. The van der Waals surface area contributed by atoms with Gasteiger partial charge in [-0.25, -0.2) is 4.98 Å². The highest BCUT2D eigenvalue weighted by Crippen LogP contribution is 2.16. The third kappa shape index (κ3) is 2.93. The van der Waals surface area contributed by atoms with Gasteiger partial charge in [-0.2, -0.15) is 0 Å². The summed E-state index contributed by atoms with van der Waals surface area (Å²) in [5, 5.41) is 0. The lowest BCUT2D eigenvalue weighted by Crippen LogP contribution is -2.31. The Morgan fingerprint density at radius 3 is 2.33 bits per heavy atom. The summed E-state index contributed by atoms with van der Waals surface area (Å²) in [6.07, 6.45) is 1.87. The van der Waals surface area contributed by atoms with Crippen LogP contribution >= 0.6 is 0 Å². The van der Waals surface area contributed by atoms with E-state index in [9.17, 15) is 0 Å². The van der Waals surface area contributed by atoms with Gasteiger partial charge in [-0.3, -0.25) is 0 Å². The van der Waals surface area contributed by atoms with Gasteiger partial charge in [0.2, 0.25) is 0 Å². The number of hydrogen-bond acceptors (Lipinski definition) is 3. The van der Waals surface area contributed by atoms with E-state index < -0.39 is 0 Å². The highest BCUT2D eigenvalue weighted by atomic mass is 15.2. The summed E-state index contributed by atoms with van der Waals surface area (Å²) >= 11 is 0. The maximum Gasteiger partial charge on any atom is 0.128 e. The zero-order valence-electron chi connectivity index (χ0n) is 10.1. The Morgan fingerprint density at radius 2 is 2.00 bits per heavy atom. The van der Waals surface area contributed by atoms with E-state index in [1.54, 1.807) is 0 Å². The Hall–Kier alpha value is -1.09. The fraction of sp³-hybridized carbons (Fsp3) is 0.583. The second-order valence-corrected chi connectivity index (χ2v) is 4.12. The van der Waals surface area contributed by atoms with Crippen molar-refractivity contribution in [3.05, 3.63) is 23.9 Å². The standard InChI is InChI=1S/C12H21N3/c1-5-15(9(2)3)12-7-6-11(8-14-12)10(4)13/h6-10H,5,13H2,1-4H3. The van der Waals surface area contributed by atoms with Gasteiger partial charge in [0.25, 0.3) is 0 Å². The lowest BCUT2D eigenvalue weighted by Gasteiger charge is -2.26. The van der Waals surface area contributed by atoms with E-state index in [-0.39, 0.29) is 6.04 Å². The summed E-state index contributed by atoms with van der Waals surface area (Å²) in [5.74, 6) is 1.02. The highest BCUT2D eigenvalue weighted by Gasteiger charge is 2.09. The first-order valence-corrected chi connectivity index (χ1v) is 5.54. The van der Waals surface area contributed by atoms with Crippen molar-refractivity contribution in [3.8, 4) is 0 Å². The van der Waals surface area contributed by atoms with E-state index in [1.807, 2.05) is 19.2 Å². The lowest BCUT2D eigenvalue weighted by atomic mass is 10.1. The van der Waals surface area contributed by atoms with Crippen molar-refractivity contribution in [2.75, 3.05) is 11.4 Å². The Morgan fingerprint density at radius 1 is 1.33 bits per heavy atom. The van der Waals surface area contributed by atoms with Crippen LogP contribution in [0.5, 0.6) is 0 Å². The molecule has 0 aliphatic carbocycles. The maximum absolute atomic E-state index is 5.78. The Kier molecular flexibility index (Phi) is 4.09. The normalized spacial score (nSPS) is 12.9. The summed E-state index contributed by atoms with van der Waals surface area (Å²) in [7, 11) is 0. The average Bonchev–Trinajstić information content (AvgIpc) is 2.19. The third-order valence-corrected chi connectivity index (χ3v) is 2.55.